The lowest BCUT2D eigenvalue weighted by Gasteiger charge is -2.20. The Balaban J connectivity index is 1.65. The molecule has 1 aliphatic heterocycles. The van der Waals surface area contributed by atoms with E-state index in [2.05, 4.69) is 9.82 Å². The van der Waals surface area contributed by atoms with Crippen molar-refractivity contribution in [2.24, 2.45) is 5.10 Å². The van der Waals surface area contributed by atoms with Gasteiger partial charge in [-0.3, -0.25) is 9.52 Å². The summed E-state index contributed by atoms with van der Waals surface area (Å²) in [6.45, 7) is 0. The third-order valence-corrected chi connectivity index (χ3v) is 6.43. The highest BCUT2D eigenvalue weighted by atomic mass is 35.5. The number of hydrogen-bond donors (Lipinski definition) is 1. The van der Waals surface area contributed by atoms with Crippen LogP contribution in [0.4, 0.5) is 5.69 Å². The zero-order chi connectivity index (χ0) is 21.3. The third-order valence-electron chi connectivity index (χ3n) is 4.60. The lowest BCUT2D eigenvalue weighted by Crippen LogP contribution is -2.26. The van der Waals surface area contributed by atoms with Crippen molar-refractivity contribution in [3.63, 3.8) is 0 Å². The van der Waals surface area contributed by atoms with Crippen LogP contribution in [0.5, 0.6) is 0 Å². The maximum absolute atomic E-state index is 13.2. The average Bonchev–Trinajstić information content (AvgIpc) is 3.37. The van der Waals surface area contributed by atoms with Crippen LogP contribution in [0.2, 0.25) is 5.02 Å². The second-order valence-corrected chi connectivity index (χ2v) is 10.1. The first kappa shape index (κ1) is 20.6. The van der Waals surface area contributed by atoms with Gasteiger partial charge in [-0.25, -0.2) is 13.4 Å². The normalized spacial score (nSPS) is 16.4. The number of carbonyl (C=O) groups is 1. The largest absolute Gasteiger partial charge is 0.284 e. The Morgan fingerprint density at radius 2 is 1.83 bits per heavy atom. The van der Waals surface area contributed by atoms with Crippen LogP contribution >= 0.6 is 22.9 Å². The van der Waals surface area contributed by atoms with Gasteiger partial charge in [0.1, 0.15) is 0 Å². The summed E-state index contributed by atoms with van der Waals surface area (Å²) in [5.74, 6) is -0.199. The van der Waals surface area contributed by atoms with Crippen LogP contribution in [0.25, 0.3) is 0 Å². The number of sulfonamides is 1. The number of anilines is 1. The van der Waals surface area contributed by atoms with E-state index in [9.17, 15) is 13.2 Å². The molecule has 2 heterocycles. The number of hydrazone groups is 1. The molecule has 6 nitrogen and oxygen atoms in total. The molecule has 0 radical (unpaired) electrons. The second-order valence-electron chi connectivity index (χ2n) is 6.89. The van der Waals surface area contributed by atoms with Gasteiger partial charge in [-0.2, -0.15) is 5.10 Å². The van der Waals surface area contributed by atoms with Gasteiger partial charge in [0.2, 0.25) is 10.0 Å². The van der Waals surface area contributed by atoms with E-state index in [4.69, 9.17) is 11.6 Å². The van der Waals surface area contributed by atoms with Gasteiger partial charge in [0.25, 0.3) is 5.91 Å². The maximum atomic E-state index is 13.2. The fourth-order valence-corrected chi connectivity index (χ4v) is 4.75. The number of rotatable bonds is 5. The molecule has 1 N–H and O–H groups in total. The van der Waals surface area contributed by atoms with E-state index >= 15 is 0 Å². The molecule has 1 atom stereocenters. The number of amides is 1. The Kier molecular flexibility index (Phi) is 5.64. The Morgan fingerprint density at radius 1 is 1.13 bits per heavy atom. The van der Waals surface area contributed by atoms with Crippen molar-refractivity contribution in [3.05, 3.63) is 87.1 Å². The van der Waals surface area contributed by atoms with Gasteiger partial charge in [-0.05, 0) is 53.4 Å². The summed E-state index contributed by atoms with van der Waals surface area (Å²) in [7, 11) is -3.34. The molecule has 154 valence electrons. The second kappa shape index (κ2) is 8.22. The molecular weight excluding hydrogens is 442 g/mol. The Hall–Kier alpha value is -2.68. The number of nitrogens with zero attached hydrogens (tertiary/aromatic N) is 2. The Bertz CT molecular complexity index is 1190. The van der Waals surface area contributed by atoms with E-state index in [0.29, 0.717) is 22.7 Å². The first-order valence-electron chi connectivity index (χ1n) is 9.08. The summed E-state index contributed by atoms with van der Waals surface area (Å²) in [5.41, 5.74) is 2.59. The molecule has 1 amide bonds. The minimum Gasteiger partial charge on any atom is -0.284 e. The number of benzene rings is 2. The SMILES string of the molecule is CS(=O)(=O)Nc1ccc(C2=NN(C(=O)c3ccc(Cl)cc3)[C@H](c3cccs3)C2)cc1. The summed E-state index contributed by atoms with van der Waals surface area (Å²) in [6.07, 6.45) is 1.67. The molecule has 1 aliphatic rings. The molecule has 3 aromatic rings. The molecule has 9 heteroatoms. The van der Waals surface area contributed by atoms with Crippen LogP contribution in [-0.4, -0.2) is 31.3 Å². The van der Waals surface area contributed by atoms with Crippen LogP contribution in [-0.2, 0) is 10.0 Å². The van der Waals surface area contributed by atoms with Crippen molar-refractivity contribution in [1.29, 1.82) is 0 Å². The topological polar surface area (TPSA) is 78.8 Å². The fraction of sp³-hybridized carbons (Fsp3) is 0.143. The van der Waals surface area contributed by atoms with Crippen molar-refractivity contribution >= 4 is 50.3 Å². The predicted octanol–water partition coefficient (Wildman–Crippen LogP) is 4.76. The predicted molar refractivity (Wildman–Crippen MR) is 121 cm³/mol. The third kappa shape index (κ3) is 4.56. The smallest absolute Gasteiger partial charge is 0.274 e. The molecule has 0 saturated heterocycles. The summed E-state index contributed by atoms with van der Waals surface area (Å²) in [6, 6.07) is 17.5. The van der Waals surface area contributed by atoms with Gasteiger partial charge < -0.3 is 0 Å². The monoisotopic (exact) mass is 459 g/mol. The average molecular weight is 460 g/mol. The van der Waals surface area contributed by atoms with Crippen molar-refractivity contribution < 1.29 is 13.2 Å². The van der Waals surface area contributed by atoms with E-state index < -0.39 is 10.0 Å². The minimum atomic E-state index is -3.34. The Labute approximate surface area is 183 Å². The molecule has 0 saturated carbocycles. The van der Waals surface area contributed by atoms with Gasteiger partial charge in [0.05, 0.1) is 18.0 Å². The van der Waals surface area contributed by atoms with Crippen LogP contribution in [0, 0.1) is 0 Å². The summed E-state index contributed by atoms with van der Waals surface area (Å²) >= 11 is 7.53. The number of thiophene rings is 1. The zero-order valence-corrected chi connectivity index (χ0v) is 18.3. The van der Waals surface area contributed by atoms with Gasteiger partial charge in [-0.15, -0.1) is 11.3 Å². The lowest BCUT2D eigenvalue weighted by atomic mass is 10.0. The molecule has 0 bridgehead atoms. The number of nitrogens with one attached hydrogen (secondary N) is 1. The number of hydrogen-bond acceptors (Lipinski definition) is 5. The van der Waals surface area contributed by atoms with Crippen LogP contribution in [0.1, 0.15) is 33.3 Å². The molecule has 30 heavy (non-hydrogen) atoms. The first-order valence-corrected chi connectivity index (χ1v) is 12.2. The van der Waals surface area contributed by atoms with Crippen LogP contribution < -0.4 is 4.72 Å². The van der Waals surface area contributed by atoms with Crippen molar-refractivity contribution in [1.82, 2.24) is 5.01 Å². The number of halogens is 1. The molecule has 2 aromatic carbocycles. The van der Waals surface area contributed by atoms with Crippen molar-refractivity contribution in [3.8, 4) is 0 Å². The molecule has 4 rings (SSSR count). The summed E-state index contributed by atoms with van der Waals surface area (Å²) in [5, 5.41) is 8.70. The standard InChI is InChI=1S/C21H18ClN3O3S2/c1-30(27,28)24-17-10-6-14(7-11-17)18-13-19(20-3-2-12-29-20)25(23-18)21(26)15-4-8-16(22)9-5-15/h2-12,19,24H,13H2,1H3/t19-/m0/s1. The van der Waals surface area contributed by atoms with Gasteiger partial charge in [0.15, 0.2) is 0 Å². The van der Waals surface area contributed by atoms with Crippen molar-refractivity contribution in [2.75, 3.05) is 11.0 Å². The Morgan fingerprint density at radius 3 is 2.43 bits per heavy atom. The summed E-state index contributed by atoms with van der Waals surface area (Å²) < 4.78 is 25.2. The highest BCUT2D eigenvalue weighted by Crippen LogP contribution is 2.36. The zero-order valence-electron chi connectivity index (χ0n) is 15.9. The van der Waals surface area contributed by atoms with E-state index in [0.717, 1.165) is 22.4 Å². The van der Waals surface area contributed by atoms with Gasteiger partial charge in [-0.1, -0.05) is 29.8 Å². The number of carbonyl (C=O) groups excluding carboxylic acids is 1. The van der Waals surface area contributed by atoms with E-state index in [-0.39, 0.29) is 11.9 Å². The van der Waals surface area contributed by atoms with Crippen LogP contribution in [0.15, 0.2) is 71.1 Å². The minimum absolute atomic E-state index is 0.197. The van der Waals surface area contributed by atoms with Gasteiger partial charge in [0, 0.05) is 27.6 Å². The molecule has 0 aliphatic carbocycles. The van der Waals surface area contributed by atoms with E-state index in [1.54, 1.807) is 59.9 Å². The van der Waals surface area contributed by atoms with E-state index in [1.165, 1.54) is 5.01 Å². The van der Waals surface area contributed by atoms with Crippen LogP contribution in [0.3, 0.4) is 0 Å². The maximum Gasteiger partial charge on any atom is 0.274 e. The highest BCUT2D eigenvalue weighted by Gasteiger charge is 2.34. The van der Waals surface area contributed by atoms with Crippen molar-refractivity contribution in [2.45, 2.75) is 12.5 Å². The first-order chi connectivity index (χ1) is 14.3. The molecule has 1 aromatic heterocycles. The molecular formula is C21H18ClN3O3S2. The quantitative estimate of drug-likeness (QED) is 0.597. The van der Waals surface area contributed by atoms with Gasteiger partial charge >= 0.3 is 0 Å². The lowest BCUT2D eigenvalue weighted by molar-refractivity contribution is 0.0714. The molecule has 0 unspecified atom stereocenters. The fourth-order valence-electron chi connectivity index (χ4n) is 3.24. The summed E-state index contributed by atoms with van der Waals surface area (Å²) in [4.78, 5) is 14.2. The highest BCUT2D eigenvalue weighted by molar-refractivity contribution is 7.92. The van der Waals surface area contributed by atoms with E-state index in [1.807, 2.05) is 17.5 Å². The molecule has 0 spiro atoms. The molecule has 0 fully saturated rings.